The molecule has 150 valence electrons. The third-order valence-corrected chi connectivity index (χ3v) is 5.11. The van der Waals surface area contributed by atoms with Crippen molar-refractivity contribution in [2.75, 3.05) is 23.3 Å². The molecule has 6 heteroatoms. The number of nitrogens with one attached hydrogen (secondary N) is 1. The molecule has 3 heterocycles. The zero-order valence-corrected chi connectivity index (χ0v) is 17.2. The SMILES string of the molecule is CCc1ccc(-c2cnnc(Nc3ccnc(N4C[C@@H](C)O[C@@H](C)C4)c3)c2)cc1. The van der Waals surface area contributed by atoms with E-state index < -0.39 is 0 Å². The van der Waals surface area contributed by atoms with E-state index in [1.54, 1.807) is 6.20 Å². The number of hydrogen-bond acceptors (Lipinski definition) is 6. The molecule has 0 saturated carbocycles. The molecule has 0 unspecified atom stereocenters. The number of benzene rings is 1. The Morgan fingerprint density at radius 3 is 2.52 bits per heavy atom. The molecule has 1 aliphatic rings. The van der Waals surface area contributed by atoms with Gasteiger partial charge in [-0.1, -0.05) is 31.2 Å². The third-order valence-electron chi connectivity index (χ3n) is 5.11. The van der Waals surface area contributed by atoms with E-state index in [2.05, 4.69) is 76.5 Å². The van der Waals surface area contributed by atoms with Crippen LogP contribution in [0.15, 0.2) is 54.9 Å². The Balaban J connectivity index is 1.52. The highest BCUT2D eigenvalue weighted by atomic mass is 16.5. The lowest BCUT2D eigenvalue weighted by Gasteiger charge is -2.36. The summed E-state index contributed by atoms with van der Waals surface area (Å²) >= 11 is 0. The zero-order chi connectivity index (χ0) is 20.2. The number of aryl methyl sites for hydroxylation is 1. The van der Waals surface area contributed by atoms with Crippen LogP contribution in [-0.2, 0) is 11.2 Å². The molecule has 29 heavy (non-hydrogen) atoms. The standard InChI is InChI=1S/C23H27N5O/c1-4-18-5-7-19(8-6-18)20-11-22(27-25-13-20)26-21-9-10-24-23(12-21)28-14-16(2)29-17(3)15-28/h5-13,16-17H,4,14-15H2,1-3H3,(H,24,26,27)/t16-,17+. The van der Waals surface area contributed by atoms with Crippen molar-refractivity contribution in [2.24, 2.45) is 0 Å². The van der Waals surface area contributed by atoms with Crippen LogP contribution in [0, 0.1) is 0 Å². The predicted molar refractivity (Wildman–Crippen MR) is 117 cm³/mol. The second-order valence-corrected chi connectivity index (χ2v) is 7.57. The first-order valence-corrected chi connectivity index (χ1v) is 10.2. The molecule has 2 atom stereocenters. The molecule has 1 aliphatic heterocycles. The number of anilines is 3. The fourth-order valence-electron chi connectivity index (χ4n) is 3.70. The Morgan fingerprint density at radius 1 is 1.03 bits per heavy atom. The average molecular weight is 390 g/mol. The van der Waals surface area contributed by atoms with Gasteiger partial charge >= 0.3 is 0 Å². The van der Waals surface area contributed by atoms with Gasteiger partial charge in [0.05, 0.1) is 18.4 Å². The minimum Gasteiger partial charge on any atom is -0.372 e. The summed E-state index contributed by atoms with van der Waals surface area (Å²) in [4.78, 5) is 6.81. The highest BCUT2D eigenvalue weighted by Crippen LogP contribution is 2.25. The Labute approximate surface area is 172 Å². The molecule has 0 radical (unpaired) electrons. The van der Waals surface area contributed by atoms with E-state index in [0.717, 1.165) is 42.1 Å². The van der Waals surface area contributed by atoms with Gasteiger partial charge in [-0.2, -0.15) is 5.10 Å². The van der Waals surface area contributed by atoms with Gasteiger partial charge in [-0.25, -0.2) is 4.98 Å². The lowest BCUT2D eigenvalue weighted by atomic mass is 10.1. The van der Waals surface area contributed by atoms with E-state index in [4.69, 9.17) is 4.74 Å². The minimum absolute atomic E-state index is 0.193. The average Bonchev–Trinajstić information content (AvgIpc) is 2.73. The summed E-state index contributed by atoms with van der Waals surface area (Å²) in [6.07, 6.45) is 5.04. The molecule has 3 aromatic rings. The lowest BCUT2D eigenvalue weighted by Crippen LogP contribution is -2.45. The normalized spacial score (nSPS) is 19.2. The largest absolute Gasteiger partial charge is 0.372 e. The molecular formula is C23H27N5O. The smallest absolute Gasteiger partial charge is 0.153 e. The molecule has 1 saturated heterocycles. The van der Waals surface area contributed by atoms with Crippen LogP contribution in [0.4, 0.5) is 17.3 Å². The Bertz CT molecular complexity index is 949. The molecule has 1 fully saturated rings. The van der Waals surface area contributed by atoms with Gasteiger partial charge in [-0.15, -0.1) is 5.10 Å². The lowest BCUT2D eigenvalue weighted by molar-refractivity contribution is -0.00545. The highest BCUT2D eigenvalue weighted by Gasteiger charge is 2.23. The van der Waals surface area contributed by atoms with Crippen LogP contribution in [0.25, 0.3) is 11.1 Å². The summed E-state index contributed by atoms with van der Waals surface area (Å²) in [6, 6.07) is 14.6. The second kappa shape index (κ2) is 8.57. The van der Waals surface area contributed by atoms with Gasteiger partial charge < -0.3 is 15.0 Å². The first-order valence-electron chi connectivity index (χ1n) is 10.2. The van der Waals surface area contributed by atoms with Gasteiger partial charge in [0.25, 0.3) is 0 Å². The van der Waals surface area contributed by atoms with Crippen molar-refractivity contribution in [3.8, 4) is 11.1 Å². The molecule has 1 aromatic carbocycles. The van der Waals surface area contributed by atoms with E-state index in [9.17, 15) is 0 Å². The van der Waals surface area contributed by atoms with Crippen LogP contribution in [0.5, 0.6) is 0 Å². The van der Waals surface area contributed by atoms with E-state index >= 15 is 0 Å². The van der Waals surface area contributed by atoms with Crippen LogP contribution < -0.4 is 10.2 Å². The van der Waals surface area contributed by atoms with Crippen molar-refractivity contribution in [1.29, 1.82) is 0 Å². The van der Waals surface area contributed by atoms with Gasteiger partial charge in [0.2, 0.25) is 0 Å². The summed E-state index contributed by atoms with van der Waals surface area (Å²) in [5.74, 6) is 1.65. The van der Waals surface area contributed by atoms with E-state index in [1.807, 2.05) is 18.3 Å². The Hall–Kier alpha value is -2.99. The number of nitrogens with zero attached hydrogens (tertiary/aromatic N) is 4. The van der Waals surface area contributed by atoms with Crippen LogP contribution in [0.2, 0.25) is 0 Å². The molecule has 2 aromatic heterocycles. The van der Waals surface area contributed by atoms with Crippen LogP contribution in [0.3, 0.4) is 0 Å². The van der Waals surface area contributed by atoms with Crippen LogP contribution >= 0.6 is 0 Å². The topological polar surface area (TPSA) is 63.2 Å². The number of aromatic nitrogens is 3. The molecule has 0 bridgehead atoms. The second-order valence-electron chi connectivity index (χ2n) is 7.57. The van der Waals surface area contributed by atoms with Crippen LogP contribution in [0.1, 0.15) is 26.3 Å². The van der Waals surface area contributed by atoms with Gasteiger partial charge in [0.15, 0.2) is 5.82 Å². The van der Waals surface area contributed by atoms with Crippen molar-refractivity contribution in [3.05, 3.63) is 60.4 Å². The number of rotatable bonds is 5. The van der Waals surface area contributed by atoms with E-state index in [-0.39, 0.29) is 12.2 Å². The first kappa shape index (κ1) is 19.3. The summed E-state index contributed by atoms with van der Waals surface area (Å²) < 4.78 is 5.83. The first-order chi connectivity index (χ1) is 14.1. The quantitative estimate of drug-likeness (QED) is 0.695. The maximum Gasteiger partial charge on any atom is 0.153 e. The molecule has 4 rings (SSSR count). The number of hydrogen-bond donors (Lipinski definition) is 1. The van der Waals surface area contributed by atoms with Gasteiger partial charge in [0, 0.05) is 36.6 Å². The van der Waals surface area contributed by atoms with Crippen LogP contribution in [-0.4, -0.2) is 40.5 Å². The fraction of sp³-hybridized carbons (Fsp3) is 0.348. The Kier molecular flexibility index (Phi) is 5.71. The summed E-state index contributed by atoms with van der Waals surface area (Å²) in [7, 11) is 0. The van der Waals surface area contributed by atoms with Crippen molar-refractivity contribution in [3.63, 3.8) is 0 Å². The number of pyridine rings is 1. The Morgan fingerprint density at radius 2 is 1.79 bits per heavy atom. The summed E-state index contributed by atoms with van der Waals surface area (Å²) in [6.45, 7) is 8.03. The maximum atomic E-state index is 5.83. The van der Waals surface area contributed by atoms with Gasteiger partial charge in [-0.05, 0) is 43.5 Å². The number of morpholine rings is 1. The molecule has 0 aliphatic carbocycles. The molecule has 1 N–H and O–H groups in total. The predicted octanol–water partition coefficient (Wildman–Crippen LogP) is 4.46. The molecule has 6 nitrogen and oxygen atoms in total. The van der Waals surface area contributed by atoms with Crippen molar-refractivity contribution in [2.45, 2.75) is 39.4 Å². The fourth-order valence-corrected chi connectivity index (χ4v) is 3.70. The van der Waals surface area contributed by atoms with E-state index in [1.165, 1.54) is 5.56 Å². The molecule has 0 amide bonds. The summed E-state index contributed by atoms with van der Waals surface area (Å²) in [5.41, 5.74) is 4.43. The zero-order valence-electron chi connectivity index (χ0n) is 17.2. The van der Waals surface area contributed by atoms with Gasteiger partial charge in [0.1, 0.15) is 5.82 Å². The van der Waals surface area contributed by atoms with Crippen molar-refractivity contribution >= 4 is 17.3 Å². The summed E-state index contributed by atoms with van der Waals surface area (Å²) in [5, 5.41) is 11.8. The highest BCUT2D eigenvalue weighted by molar-refractivity contribution is 5.68. The van der Waals surface area contributed by atoms with Crippen molar-refractivity contribution in [1.82, 2.24) is 15.2 Å². The van der Waals surface area contributed by atoms with Crippen molar-refractivity contribution < 1.29 is 4.74 Å². The van der Waals surface area contributed by atoms with E-state index in [0.29, 0.717) is 5.82 Å². The minimum atomic E-state index is 0.193. The third kappa shape index (κ3) is 4.71. The van der Waals surface area contributed by atoms with Gasteiger partial charge in [-0.3, -0.25) is 0 Å². The monoisotopic (exact) mass is 389 g/mol. The maximum absolute atomic E-state index is 5.83. The molecular weight excluding hydrogens is 362 g/mol. The number of ether oxygens (including phenoxy) is 1. The molecule has 0 spiro atoms.